The molecule has 1 N–H and O–H groups in total. The van der Waals surface area contributed by atoms with Gasteiger partial charge in [-0.25, -0.2) is 0 Å². The maximum atomic E-state index is 12.6. The van der Waals surface area contributed by atoms with Crippen molar-refractivity contribution in [2.24, 2.45) is 0 Å². The monoisotopic (exact) mass is 382 g/mol. The number of anilines is 1. The minimum atomic E-state index is -0.325. The lowest BCUT2D eigenvalue weighted by Crippen LogP contribution is -2.23. The number of ether oxygens (including phenoxy) is 1. The van der Waals surface area contributed by atoms with Crippen LogP contribution in [0.3, 0.4) is 0 Å². The lowest BCUT2D eigenvalue weighted by molar-refractivity contribution is -0.115. The Morgan fingerprint density at radius 3 is 2.67 bits per heavy atom. The van der Waals surface area contributed by atoms with Gasteiger partial charge in [-0.05, 0) is 26.0 Å². The van der Waals surface area contributed by atoms with Gasteiger partial charge in [-0.2, -0.15) is 0 Å². The molecule has 0 spiro atoms. The number of aromatic nitrogens is 3. The van der Waals surface area contributed by atoms with Gasteiger partial charge in [0.15, 0.2) is 11.0 Å². The predicted molar refractivity (Wildman–Crippen MR) is 108 cm³/mol. The Kier molecular flexibility index (Phi) is 6.13. The van der Waals surface area contributed by atoms with Gasteiger partial charge in [0.25, 0.3) is 0 Å². The highest BCUT2D eigenvalue weighted by Crippen LogP contribution is 2.27. The van der Waals surface area contributed by atoms with Crippen molar-refractivity contribution in [2.75, 3.05) is 12.4 Å². The molecular weight excluding hydrogens is 360 g/mol. The quantitative estimate of drug-likeness (QED) is 0.623. The molecule has 6 nitrogen and oxygen atoms in total. The number of hydrogen-bond acceptors (Lipinski definition) is 5. The molecule has 1 aromatic heterocycles. The highest BCUT2D eigenvalue weighted by atomic mass is 32.2. The van der Waals surface area contributed by atoms with E-state index in [4.69, 9.17) is 4.74 Å². The Morgan fingerprint density at radius 2 is 1.96 bits per heavy atom. The fourth-order valence-electron chi connectivity index (χ4n) is 2.62. The Bertz CT molecular complexity index is 911. The van der Waals surface area contributed by atoms with Crippen molar-refractivity contribution >= 4 is 23.4 Å². The van der Waals surface area contributed by atoms with E-state index in [-0.39, 0.29) is 11.2 Å². The van der Waals surface area contributed by atoms with E-state index in [1.54, 1.807) is 13.2 Å². The van der Waals surface area contributed by atoms with E-state index in [1.165, 1.54) is 11.8 Å². The summed E-state index contributed by atoms with van der Waals surface area (Å²) in [6.07, 6.45) is 0. The van der Waals surface area contributed by atoms with Crippen molar-refractivity contribution < 1.29 is 9.53 Å². The third-order valence-corrected chi connectivity index (χ3v) is 5.13. The largest absolute Gasteiger partial charge is 0.497 e. The average molecular weight is 382 g/mol. The Morgan fingerprint density at radius 1 is 1.19 bits per heavy atom. The summed E-state index contributed by atoms with van der Waals surface area (Å²) in [6, 6.07) is 17.2. The van der Waals surface area contributed by atoms with Gasteiger partial charge in [-0.3, -0.25) is 4.79 Å². The summed E-state index contributed by atoms with van der Waals surface area (Å²) in [6.45, 7) is 4.63. The number of thioether (sulfide) groups is 1. The minimum absolute atomic E-state index is 0.0971. The van der Waals surface area contributed by atoms with E-state index in [0.717, 1.165) is 23.1 Å². The summed E-state index contributed by atoms with van der Waals surface area (Å²) in [5, 5.41) is 11.9. The molecule has 140 valence electrons. The number of rotatable bonds is 7. The zero-order valence-corrected chi connectivity index (χ0v) is 16.4. The Balaban J connectivity index is 1.72. The maximum absolute atomic E-state index is 12.6. The molecule has 0 saturated heterocycles. The average Bonchev–Trinajstić information content (AvgIpc) is 3.11. The number of hydrogen-bond donors (Lipinski definition) is 1. The number of nitrogens with one attached hydrogen (secondary N) is 1. The first kappa shape index (κ1) is 19.0. The van der Waals surface area contributed by atoms with Gasteiger partial charge in [0.1, 0.15) is 5.75 Å². The van der Waals surface area contributed by atoms with Crippen molar-refractivity contribution in [1.82, 2.24) is 14.8 Å². The van der Waals surface area contributed by atoms with Crippen molar-refractivity contribution in [2.45, 2.75) is 30.8 Å². The second-order valence-electron chi connectivity index (χ2n) is 5.90. The molecule has 3 rings (SSSR count). The molecule has 0 bridgehead atoms. The molecule has 0 radical (unpaired) electrons. The van der Waals surface area contributed by atoms with Crippen LogP contribution in [0.25, 0.3) is 11.4 Å². The van der Waals surface area contributed by atoms with Crippen LogP contribution in [0.4, 0.5) is 5.69 Å². The lowest BCUT2D eigenvalue weighted by atomic mass is 10.2. The van der Waals surface area contributed by atoms with Crippen LogP contribution in [0.15, 0.2) is 59.8 Å². The standard InChI is InChI=1S/C20H22N4O2S/c1-4-24-18(15-9-6-5-7-10-15)22-23-20(24)27-14(2)19(25)21-16-11-8-12-17(13-16)26-3/h5-14H,4H2,1-3H3,(H,21,25)/t14-/m1/s1. The van der Waals surface area contributed by atoms with Crippen LogP contribution >= 0.6 is 11.8 Å². The molecule has 0 aliphatic rings. The number of carbonyl (C=O) groups is 1. The molecule has 27 heavy (non-hydrogen) atoms. The van der Waals surface area contributed by atoms with Crippen LogP contribution in [0.2, 0.25) is 0 Å². The van der Waals surface area contributed by atoms with Crippen LogP contribution < -0.4 is 10.1 Å². The van der Waals surface area contributed by atoms with E-state index in [0.29, 0.717) is 11.4 Å². The third kappa shape index (κ3) is 4.49. The lowest BCUT2D eigenvalue weighted by Gasteiger charge is -2.13. The zero-order chi connectivity index (χ0) is 19.2. The topological polar surface area (TPSA) is 69.0 Å². The summed E-state index contributed by atoms with van der Waals surface area (Å²) in [4.78, 5) is 12.6. The molecule has 1 amide bonds. The normalized spacial score (nSPS) is 11.8. The molecule has 3 aromatic rings. The second kappa shape index (κ2) is 8.73. The molecule has 1 heterocycles. The molecule has 0 saturated carbocycles. The van der Waals surface area contributed by atoms with Crippen LogP contribution in [0, 0.1) is 0 Å². The first-order valence-corrected chi connectivity index (χ1v) is 9.60. The molecule has 0 aliphatic heterocycles. The predicted octanol–water partition coefficient (Wildman–Crippen LogP) is 4.09. The fourth-order valence-corrected chi connectivity index (χ4v) is 3.53. The molecule has 7 heteroatoms. The highest BCUT2D eigenvalue weighted by Gasteiger charge is 2.20. The van der Waals surface area contributed by atoms with Gasteiger partial charge in [-0.1, -0.05) is 48.2 Å². The molecule has 1 atom stereocenters. The SMILES string of the molecule is CCn1c(S[C@H](C)C(=O)Nc2cccc(OC)c2)nnc1-c1ccccc1. The van der Waals surface area contributed by atoms with Gasteiger partial charge < -0.3 is 14.6 Å². The number of nitrogens with zero attached hydrogens (tertiary/aromatic N) is 3. The highest BCUT2D eigenvalue weighted by molar-refractivity contribution is 8.00. The summed E-state index contributed by atoms with van der Waals surface area (Å²) in [5.41, 5.74) is 1.71. The molecule has 2 aromatic carbocycles. The summed E-state index contributed by atoms with van der Waals surface area (Å²) >= 11 is 1.39. The van der Waals surface area contributed by atoms with Crippen LogP contribution in [0.1, 0.15) is 13.8 Å². The first-order chi connectivity index (χ1) is 13.1. The number of benzene rings is 2. The fraction of sp³-hybridized carbons (Fsp3) is 0.250. The van der Waals surface area contributed by atoms with Crippen LogP contribution in [0.5, 0.6) is 5.75 Å². The van der Waals surface area contributed by atoms with Crippen molar-refractivity contribution in [3.05, 3.63) is 54.6 Å². The summed E-state index contributed by atoms with van der Waals surface area (Å²) < 4.78 is 7.21. The van der Waals surface area contributed by atoms with E-state index in [2.05, 4.69) is 15.5 Å². The second-order valence-corrected chi connectivity index (χ2v) is 7.21. The smallest absolute Gasteiger partial charge is 0.237 e. The zero-order valence-electron chi connectivity index (χ0n) is 15.5. The number of amides is 1. The van der Waals surface area contributed by atoms with Gasteiger partial charge in [-0.15, -0.1) is 10.2 Å². The molecular formula is C20H22N4O2S. The van der Waals surface area contributed by atoms with Gasteiger partial charge in [0.2, 0.25) is 5.91 Å². The first-order valence-electron chi connectivity index (χ1n) is 8.72. The number of methoxy groups -OCH3 is 1. The summed E-state index contributed by atoms with van der Waals surface area (Å²) in [5.74, 6) is 1.41. The third-order valence-electron chi connectivity index (χ3n) is 4.05. The van der Waals surface area contributed by atoms with Gasteiger partial charge in [0.05, 0.1) is 12.4 Å². The van der Waals surface area contributed by atoms with Crippen molar-refractivity contribution in [3.8, 4) is 17.1 Å². The van der Waals surface area contributed by atoms with E-state index in [1.807, 2.05) is 66.9 Å². The van der Waals surface area contributed by atoms with Crippen molar-refractivity contribution in [1.29, 1.82) is 0 Å². The maximum Gasteiger partial charge on any atom is 0.237 e. The van der Waals surface area contributed by atoms with Gasteiger partial charge in [0, 0.05) is 23.9 Å². The number of carbonyl (C=O) groups excluding carboxylic acids is 1. The van der Waals surface area contributed by atoms with Crippen molar-refractivity contribution in [3.63, 3.8) is 0 Å². The van der Waals surface area contributed by atoms with Crippen LogP contribution in [-0.2, 0) is 11.3 Å². The minimum Gasteiger partial charge on any atom is -0.497 e. The Hall–Kier alpha value is -2.80. The molecule has 0 unspecified atom stereocenters. The molecule has 0 aliphatic carbocycles. The molecule has 0 fully saturated rings. The van der Waals surface area contributed by atoms with E-state index in [9.17, 15) is 4.79 Å². The van der Waals surface area contributed by atoms with Gasteiger partial charge >= 0.3 is 0 Å². The van der Waals surface area contributed by atoms with E-state index < -0.39 is 0 Å². The van der Waals surface area contributed by atoms with E-state index >= 15 is 0 Å². The van der Waals surface area contributed by atoms with Crippen LogP contribution in [-0.4, -0.2) is 33.0 Å². The Labute approximate surface area is 163 Å². The summed E-state index contributed by atoms with van der Waals surface area (Å²) in [7, 11) is 1.60.